The number of carbonyl (C=O) groups excluding carboxylic acids is 1. The van der Waals surface area contributed by atoms with E-state index >= 15 is 0 Å². The van der Waals surface area contributed by atoms with Crippen molar-refractivity contribution in [1.29, 1.82) is 0 Å². The molecule has 0 aliphatic rings. The lowest BCUT2D eigenvalue weighted by Gasteiger charge is -2.10. The van der Waals surface area contributed by atoms with Gasteiger partial charge in [-0.2, -0.15) is 0 Å². The zero-order chi connectivity index (χ0) is 22.0. The Morgan fingerprint density at radius 2 is 0.897 bits per heavy atom. The summed E-state index contributed by atoms with van der Waals surface area (Å²) in [6.45, 7) is 0. The number of benzene rings is 2. The van der Waals surface area contributed by atoms with Crippen molar-refractivity contribution in [2.75, 3.05) is 0 Å². The highest BCUT2D eigenvalue weighted by Crippen LogP contribution is 2.22. The molecule has 0 bridgehead atoms. The number of rotatable bonds is 7. The summed E-state index contributed by atoms with van der Waals surface area (Å²) in [6, 6.07) is 3.84. The number of hydrogen-bond acceptors (Lipinski definition) is 6. The second kappa shape index (κ2) is 7.60. The van der Waals surface area contributed by atoms with E-state index < -0.39 is 69.0 Å². The van der Waals surface area contributed by atoms with Gasteiger partial charge in [0, 0.05) is 11.1 Å². The topological polar surface area (TPSA) is 204 Å². The van der Waals surface area contributed by atoms with Crippen molar-refractivity contribution < 1.29 is 54.3 Å². The molecule has 0 amide bonds. The zero-order valence-corrected chi connectivity index (χ0v) is 14.1. The number of carbonyl (C=O) groups is 6. The summed E-state index contributed by atoms with van der Waals surface area (Å²) < 4.78 is 0. The quantitative estimate of drug-likeness (QED) is 0.419. The molecule has 0 unspecified atom stereocenters. The van der Waals surface area contributed by atoms with Crippen LogP contribution in [0.25, 0.3) is 0 Å². The molecule has 11 nitrogen and oxygen atoms in total. The molecule has 5 N–H and O–H groups in total. The predicted octanol–water partition coefficient (Wildman–Crippen LogP) is 1.41. The molecule has 0 heterocycles. The van der Waals surface area contributed by atoms with E-state index in [0.29, 0.717) is 12.1 Å². The van der Waals surface area contributed by atoms with Crippen LogP contribution in [0.5, 0.6) is 0 Å². The van der Waals surface area contributed by atoms with Crippen molar-refractivity contribution in [2.24, 2.45) is 0 Å². The first kappa shape index (κ1) is 20.8. The number of ketones is 1. The first-order valence-electron chi connectivity index (χ1n) is 7.49. The van der Waals surface area contributed by atoms with Gasteiger partial charge >= 0.3 is 29.8 Å². The molecule has 0 saturated carbocycles. The number of carboxylic acids is 5. The molecule has 0 aliphatic heterocycles. The van der Waals surface area contributed by atoms with E-state index in [0.717, 1.165) is 18.2 Å². The van der Waals surface area contributed by atoms with Crippen LogP contribution in [-0.4, -0.2) is 61.2 Å². The lowest BCUT2D eigenvalue weighted by atomic mass is 9.92. The Morgan fingerprint density at radius 3 is 1.28 bits per heavy atom. The van der Waals surface area contributed by atoms with Crippen LogP contribution in [0, 0.1) is 0 Å². The Labute approximate surface area is 160 Å². The molecule has 2 rings (SSSR count). The molecule has 148 valence electrons. The van der Waals surface area contributed by atoms with Gasteiger partial charge in [0.25, 0.3) is 0 Å². The van der Waals surface area contributed by atoms with Gasteiger partial charge < -0.3 is 25.5 Å². The minimum Gasteiger partial charge on any atom is -0.478 e. The molecular weight excluding hydrogens is 392 g/mol. The third-order valence-electron chi connectivity index (χ3n) is 3.82. The Balaban J connectivity index is 2.74. The fourth-order valence-electron chi connectivity index (χ4n) is 2.56. The monoisotopic (exact) mass is 402 g/mol. The zero-order valence-electron chi connectivity index (χ0n) is 14.1. The highest BCUT2D eigenvalue weighted by molar-refractivity contribution is 6.16. The van der Waals surface area contributed by atoms with Gasteiger partial charge in [0.2, 0.25) is 0 Å². The van der Waals surface area contributed by atoms with Crippen molar-refractivity contribution >= 4 is 35.6 Å². The molecule has 2 aromatic carbocycles. The summed E-state index contributed by atoms with van der Waals surface area (Å²) in [5.74, 6) is -9.67. The summed E-state index contributed by atoms with van der Waals surface area (Å²) in [5.41, 5.74) is -5.18. The van der Waals surface area contributed by atoms with E-state index in [2.05, 4.69) is 0 Å². The molecule has 0 aliphatic carbocycles. The number of carboxylic acid groups (broad SMARTS) is 5. The largest absolute Gasteiger partial charge is 0.478 e. The Kier molecular flexibility index (Phi) is 5.44. The molecular formula is C18H10O11. The third-order valence-corrected chi connectivity index (χ3v) is 3.82. The maximum absolute atomic E-state index is 12.7. The van der Waals surface area contributed by atoms with Gasteiger partial charge in [-0.3, -0.25) is 4.79 Å². The highest BCUT2D eigenvalue weighted by Gasteiger charge is 2.27. The summed E-state index contributed by atoms with van der Waals surface area (Å²) in [4.78, 5) is 69.0. The normalized spacial score (nSPS) is 10.2. The van der Waals surface area contributed by atoms with Crippen LogP contribution in [0.3, 0.4) is 0 Å². The van der Waals surface area contributed by atoms with Crippen LogP contribution in [0.15, 0.2) is 30.3 Å². The average Bonchev–Trinajstić information content (AvgIpc) is 2.65. The summed E-state index contributed by atoms with van der Waals surface area (Å²) in [6.07, 6.45) is 0. The van der Waals surface area contributed by atoms with Crippen LogP contribution < -0.4 is 0 Å². The van der Waals surface area contributed by atoms with Crippen LogP contribution in [-0.2, 0) is 0 Å². The van der Waals surface area contributed by atoms with Gasteiger partial charge in [0.1, 0.15) is 0 Å². The van der Waals surface area contributed by atoms with Crippen molar-refractivity contribution in [3.8, 4) is 0 Å². The Bertz CT molecular complexity index is 1080. The summed E-state index contributed by atoms with van der Waals surface area (Å²) >= 11 is 0. The van der Waals surface area contributed by atoms with Gasteiger partial charge in [-0.15, -0.1) is 0 Å². The smallest absolute Gasteiger partial charge is 0.337 e. The van der Waals surface area contributed by atoms with Crippen molar-refractivity contribution in [3.05, 3.63) is 69.3 Å². The number of aromatic carboxylic acids is 5. The lowest BCUT2D eigenvalue weighted by molar-refractivity contribution is 0.0633. The second-order valence-electron chi connectivity index (χ2n) is 5.56. The van der Waals surface area contributed by atoms with Gasteiger partial charge in [-0.05, 0) is 24.3 Å². The van der Waals surface area contributed by atoms with Crippen LogP contribution in [0.4, 0.5) is 0 Å². The van der Waals surface area contributed by atoms with Crippen molar-refractivity contribution in [1.82, 2.24) is 0 Å². The molecule has 0 aromatic heterocycles. The predicted molar refractivity (Wildman–Crippen MR) is 91.1 cm³/mol. The molecule has 11 heteroatoms. The molecule has 2 aromatic rings. The van der Waals surface area contributed by atoms with E-state index in [1.807, 2.05) is 0 Å². The molecule has 0 fully saturated rings. The van der Waals surface area contributed by atoms with Gasteiger partial charge in [-0.25, -0.2) is 24.0 Å². The minimum atomic E-state index is -1.84. The Hall–Kier alpha value is -4.54. The SMILES string of the molecule is O=C(c1ccc(C(=O)O)c(C(=O)O)c1)c1cc(C(=O)O)c(C(=O)O)c(C(=O)O)c1. The Morgan fingerprint density at radius 1 is 0.483 bits per heavy atom. The first-order valence-corrected chi connectivity index (χ1v) is 7.49. The summed E-state index contributed by atoms with van der Waals surface area (Å²) in [7, 11) is 0. The number of hydrogen-bond donors (Lipinski definition) is 5. The minimum absolute atomic E-state index is 0.372. The fourth-order valence-corrected chi connectivity index (χ4v) is 2.56. The van der Waals surface area contributed by atoms with E-state index in [4.69, 9.17) is 15.3 Å². The molecule has 29 heavy (non-hydrogen) atoms. The van der Waals surface area contributed by atoms with Crippen molar-refractivity contribution in [2.45, 2.75) is 0 Å². The second-order valence-corrected chi connectivity index (χ2v) is 5.56. The molecule has 0 radical (unpaired) electrons. The van der Waals surface area contributed by atoms with Gasteiger partial charge in [0.05, 0.1) is 27.8 Å². The highest BCUT2D eigenvalue weighted by atomic mass is 16.4. The van der Waals surface area contributed by atoms with Crippen LogP contribution in [0.2, 0.25) is 0 Å². The third kappa shape index (κ3) is 3.93. The average molecular weight is 402 g/mol. The van der Waals surface area contributed by atoms with E-state index in [9.17, 15) is 39.0 Å². The standard InChI is InChI=1S/C18H10O11/c19-13(6-1-2-8(14(20)21)9(3-6)15(22)23)7-4-10(16(24)25)12(18(28)29)11(5-7)17(26)27/h1-5H,(H,20,21)(H,22,23)(H,24,25)(H,26,27)(H,28,29). The van der Waals surface area contributed by atoms with Crippen molar-refractivity contribution in [3.63, 3.8) is 0 Å². The van der Waals surface area contributed by atoms with Crippen LogP contribution in [0.1, 0.15) is 67.7 Å². The molecule has 0 spiro atoms. The summed E-state index contributed by atoms with van der Waals surface area (Å²) in [5, 5.41) is 45.7. The first-order chi connectivity index (χ1) is 13.5. The maximum Gasteiger partial charge on any atom is 0.337 e. The van der Waals surface area contributed by atoms with Gasteiger partial charge in [-0.1, -0.05) is 6.07 Å². The maximum atomic E-state index is 12.7. The van der Waals surface area contributed by atoms with E-state index in [-0.39, 0.29) is 5.56 Å². The molecule has 0 atom stereocenters. The van der Waals surface area contributed by atoms with E-state index in [1.165, 1.54) is 0 Å². The fraction of sp³-hybridized carbons (Fsp3) is 0. The lowest BCUT2D eigenvalue weighted by Crippen LogP contribution is -2.17. The van der Waals surface area contributed by atoms with Gasteiger partial charge in [0.15, 0.2) is 5.78 Å². The van der Waals surface area contributed by atoms with Crippen LogP contribution >= 0.6 is 0 Å². The van der Waals surface area contributed by atoms with E-state index in [1.54, 1.807) is 0 Å². The molecule has 0 saturated heterocycles.